The van der Waals surface area contributed by atoms with Crippen LogP contribution in [0.2, 0.25) is 5.02 Å². The van der Waals surface area contributed by atoms with Crippen molar-refractivity contribution < 1.29 is 13.9 Å². The van der Waals surface area contributed by atoms with Crippen molar-refractivity contribution in [3.05, 3.63) is 39.0 Å². The van der Waals surface area contributed by atoms with E-state index in [1.807, 2.05) is 13.0 Å². The molecule has 0 bridgehead atoms. The Morgan fingerprint density at radius 3 is 3.00 bits per heavy atom. The molecule has 1 saturated heterocycles. The number of hydrogen-bond donors (Lipinski definition) is 0. The molecule has 7 heteroatoms. The van der Waals surface area contributed by atoms with Gasteiger partial charge in [-0.25, -0.2) is 0 Å². The fourth-order valence-electron chi connectivity index (χ4n) is 2.43. The van der Waals surface area contributed by atoms with Gasteiger partial charge in [0.15, 0.2) is 6.61 Å². The van der Waals surface area contributed by atoms with E-state index in [0.717, 1.165) is 35.2 Å². The summed E-state index contributed by atoms with van der Waals surface area (Å²) in [5.74, 6) is 2.01. The topological polar surface area (TPSA) is 57.4 Å². The van der Waals surface area contributed by atoms with Gasteiger partial charge in [-0.15, -0.1) is 10.2 Å². The molecule has 1 aliphatic heterocycles. The van der Waals surface area contributed by atoms with E-state index < -0.39 is 0 Å². The summed E-state index contributed by atoms with van der Waals surface area (Å²) >= 11 is 9.44. The van der Waals surface area contributed by atoms with Gasteiger partial charge in [-0.05, 0) is 53.4 Å². The number of ether oxygens (including phenoxy) is 2. The van der Waals surface area contributed by atoms with E-state index in [1.54, 1.807) is 6.07 Å². The molecule has 1 unspecified atom stereocenters. The minimum atomic E-state index is 0.194. The highest BCUT2D eigenvalue weighted by Crippen LogP contribution is 2.33. The number of nitrogens with zero attached hydrogens (tertiary/aromatic N) is 2. The molecule has 3 rings (SSSR count). The van der Waals surface area contributed by atoms with Crippen molar-refractivity contribution in [1.82, 2.24) is 10.2 Å². The second-order valence-corrected chi connectivity index (χ2v) is 6.56. The van der Waals surface area contributed by atoms with Crippen LogP contribution in [0.25, 0.3) is 0 Å². The molecule has 2 aromatic rings. The summed E-state index contributed by atoms with van der Waals surface area (Å²) in [4.78, 5) is 0. The molecule has 22 heavy (non-hydrogen) atoms. The van der Waals surface area contributed by atoms with Crippen LogP contribution < -0.4 is 4.74 Å². The van der Waals surface area contributed by atoms with Gasteiger partial charge < -0.3 is 13.9 Å². The van der Waals surface area contributed by atoms with Gasteiger partial charge in [-0.2, -0.15) is 0 Å². The van der Waals surface area contributed by atoms with Crippen LogP contribution in [0.4, 0.5) is 0 Å². The van der Waals surface area contributed by atoms with Gasteiger partial charge in [0, 0.05) is 11.6 Å². The Kier molecular flexibility index (Phi) is 5.00. The predicted octanol–water partition coefficient (Wildman–Crippen LogP) is 4.27. The Bertz CT molecular complexity index is 633. The third kappa shape index (κ3) is 3.62. The molecular weight excluding hydrogens is 372 g/mol. The molecule has 5 nitrogen and oxygen atoms in total. The highest BCUT2D eigenvalue weighted by Gasteiger charge is 2.22. The number of aromatic nitrogens is 2. The van der Waals surface area contributed by atoms with Gasteiger partial charge in [0.05, 0.1) is 17.0 Å². The van der Waals surface area contributed by atoms with Crippen LogP contribution in [0.5, 0.6) is 5.75 Å². The van der Waals surface area contributed by atoms with Crippen LogP contribution in [0, 0.1) is 6.92 Å². The highest BCUT2D eigenvalue weighted by molar-refractivity contribution is 9.10. The zero-order chi connectivity index (χ0) is 15.5. The zero-order valence-electron chi connectivity index (χ0n) is 12.1. The minimum Gasteiger partial charge on any atom is -0.482 e. The van der Waals surface area contributed by atoms with Crippen LogP contribution in [0.1, 0.15) is 36.1 Å². The lowest BCUT2D eigenvalue weighted by molar-refractivity contribution is 0.0717. The summed E-state index contributed by atoms with van der Waals surface area (Å²) in [5.41, 5.74) is 0.944. The summed E-state index contributed by atoms with van der Waals surface area (Å²) < 4.78 is 17.7. The SMILES string of the molecule is Cc1cc(Cl)cc(Br)c1OCc1nnc(C2CCCOC2)o1. The van der Waals surface area contributed by atoms with Crippen LogP contribution in [0.3, 0.4) is 0 Å². The maximum atomic E-state index is 5.99. The lowest BCUT2D eigenvalue weighted by Crippen LogP contribution is -2.15. The summed E-state index contributed by atoms with van der Waals surface area (Å²) in [6, 6.07) is 3.64. The lowest BCUT2D eigenvalue weighted by Gasteiger charge is -2.18. The maximum absolute atomic E-state index is 5.99. The van der Waals surface area contributed by atoms with E-state index in [2.05, 4.69) is 26.1 Å². The fraction of sp³-hybridized carbons (Fsp3) is 0.467. The Hall–Kier alpha value is -1.11. The predicted molar refractivity (Wildman–Crippen MR) is 85.3 cm³/mol. The number of rotatable bonds is 4. The molecule has 1 aliphatic rings. The normalized spacial score (nSPS) is 18.4. The monoisotopic (exact) mass is 386 g/mol. The third-order valence-corrected chi connectivity index (χ3v) is 4.33. The number of benzene rings is 1. The van der Waals surface area contributed by atoms with Crippen molar-refractivity contribution in [2.75, 3.05) is 13.2 Å². The zero-order valence-corrected chi connectivity index (χ0v) is 14.5. The second-order valence-electron chi connectivity index (χ2n) is 5.27. The van der Waals surface area contributed by atoms with Gasteiger partial charge >= 0.3 is 0 Å². The first-order valence-corrected chi connectivity index (χ1v) is 8.29. The van der Waals surface area contributed by atoms with E-state index in [1.165, 1.54) is 0 Å². The molecule has 0 amide bonds. The van der Waals surface area contributed by atoms with E-state index in [-0.39, 0.29) is 12.5 Å². The summed E-state index contributed by atoms with van der Waals surface area (Å²) in [5, 5.41) is 8.81. The molecule has 1 aromatic carbocycles. The highest BCUT2D eigenvalue weighted by atomic mass is 79.9. The van der Waals surface area contributed by atoms with Crippen molar-refractivity contribution in [3.63, 3.8) is 0 Å². The Morgan fingerprint density at radius 2 is 2.27 bits per heavy atom. The Balaban J connectivity index is 1.66. The average Bonchev–Trinajstić information content (AvgIpc) is 2.96. The third-order valence-electron chi connectivity index (χ3n) is 3.53. The smallest absolute Gasteiger partial charge is 0.253 e. The quantitative estimate of drug-likeness (QED) is 0.784. The molecular formula is C15H16BrClN2O3. The summed E-state index contributed by atoms with van der Waals surface area (Å²) in [6.45, 7) is 3.61. The summed E-state index contributed by atoms with van der Waals surface area (Å²) in [7, 11) is 0. The van der Waals surface area contributed by atoms with Crippen molar-refractivity contribution in [2.24, 2.45) is 0 Å². The van der Waals surface area contributed by atoms with Crippen LogP contribution >= 0.6 is 27.5 Å². The van der Waals surface area contributed by atoms with Crippen molar-refractivity contribution in [3.8, 4) is 5.75 Å². The molecule has 1 aromatic heterocycles. The van der Waals surface area contributed by atoms with Crippen LogP contribution in [0.15, 0.2) is 21.0 Å². The first-order chi connectivity index (χ1) is 10.6. The molecule has 2 heterocycles. The first-order valence-electron chi connectivity index (χ1n) is 7.12. The number of hydrogen-bond acceptors (Lipinski definition) is 5. The summed E-state index contributed by atoms with van der Waals surface area (Å²) in [6.07, 6.45) is 2.04. The first kappa shape index (κ1) is 15.8. The second kappa shape index (κ2) is 6.98. The van der Waals surface area contributed by atoms with E-state index >= 15 is 0 Å². The number of halogens is 2. The molecule has 1 fully saturated rings. The molecule has 0 aliphatic carbocycles. The van der Waals surface area contributed by atoms with Gasteiger partial charge in [0.1, 0.15) is 5.75 Å². The van der Waals surface area contributed by atoms with E-state index in [9.17, 15) is 0 Å². The molecule has 0 radical (unpaired) electrons. The largest absolute Gasteiger partial charge is 0.482 e. The van der Waals surface area contributed by atoms with E-state index in [0.29, 0.717) is 23.4 Å². The minimum absolute atomic E-state index is 0.194. The Morgan fingerprint density at radius 1 is 1.41 bits per heavy atom. The molecule has 0 N–H and O–H groups in total. The fourth-order valence-corrected chi connectivity index (χ4v) is 3.51. The van der Waals surface area contributed by atoms with Gasteiger partial charge in [0.2, 0.25) is 5.89 Å². The van der Waals surface area contributed by atoms with Crippen LogP contribution in [-0.2, 0) is 11.3 Å². The lowest BCUT2D eigenvalue weighted by atomic mass is 10.0. The van der Waals surface area contributed by atoms with E-state index in [4.69, 9.17) is 25.5 Å². The Labute approximate surface area is 142 Å². The van der Waals surface area contributed by atoms with Crippen molar-refractivity contribution in [1.29, 1.82) is 0 Å². The standard InChI is InChI=1S/C15H16BrClN2O3/c1-9-5-11(17)6-12(16)14(9)21-8-13-18-19-15(22-13)10-3-2-4-20-7-10/h5-6,10H,2-4,7-8H2,1H3. The molecule has 0 saturated carbocycles. The maximum Gasteiger partial charge on any atom is 0.253 e. The molecule has 0 spiro atoms. The van der Waals surface area contributed by atoms with Crippen molar-refractivity contribution in [2.45, 2.75) is 32.3 Å². The molecule has 1 atom stereocenters. The van der Waals surface area contributed by atoms with Crippen LogP contribution in [-0.4, -0.2) is 23.4 Å². The molecule has 118 valence electrons. The van der Waals surface area contributed by atoms with Gasteiger partial charge in [-0.1, -0.05) is 11.6 Å². The van der Waals surface area contributed by atoms with Gasteiger partial charge in [0.25, 0.3) is 5.89 Å². The van der Waals surface area contributed by atoms with Gasteiger partial charge in [-0.3, -0.25) is 0 Å². The number of aryl methyl sites for hydroxylation is 1. The average molecular weight is 388 g/mol. The van der Waals surface area contributed by atoms with Crippen molar-refractivity contribution >= 4 is 27.5 Å².